The fourth-order valence-corrected chi connectivity index (χ4v) is 4.46. The summed E-state index contributed by atoms with van der Waals surface area (Å²) >= 11 is 5.81. The van der Waals surface area contributed by atoms with Crippen LogP contribution in [0, 0.1) is 6.92 Å². The standard InChI is InChI=1S/C13H24ClN3O2S/c1-5-7-8-17(10(3)6-2)20(18,19)13-11(4)15-16-12(13)9-14/h10H,5-9H2,1-4H3,(H,15,16). The minimum atomic E-state index is -3.56. The van der Waals surface area contributed by atoms with Crippen LogP contribution in [0.5, 0.6) is 0 Å². The molecule has 20 heavy (non-hydrogen) atoms. The quantitative estimate of drug-likeness (QED) is 0.748. The molecule has 1 aromatic heterocycles. The van der Waals surface area contributed by atoms with Gasteiger partial charge in [0.15, 0.2) is 0 Å². The number of nitrogens with zero attached hydrogens (tertiary/aromatic N) is 2. The molecule has 5 nitrogen and oxygen atoms in total. The smallest absolute Gasteiger partial charge is 0.247 e. The highest BCUT2D eigenvalue weighted by Gasteiger charge is 2.32. The second-order valence-corrected chi connectivity index (χ2v) is 7.08. The summed E-state index contributed by atoms with van der Waals surface area (Å²) in [5.74, 6) is 0.0844. The van der Waals surface area contributed by atoms with Crippen molar-refractivity contribution in [3.63, 3.8) is 0 Å². The number of H-pyrrole nitrogens is 1. The van der Waals surface area contributed by atoms with E-state index in [0.717, 1.165) is 19.3 Å². The molecule has 116 valence electrons. The van der Waals surface area contributed by atoms with Crippen LogP contribution < -0.4 is 0 Å². The summed E-state index contributed by atoms with van der Waals surface area (Å²) in [6.07, 6.45) is 2.57. The van der Waals surface area contributed by atoms with Gasteiger partial charge in [-0.2, -0.15) is 9.40 Å². The van der Waals surface area contributed by atoms with Crippen molar-refractivity contribution in [3.05, 3.63) is 11.4 Å². The van der Waals surface area contributed by atoms with Crippen molar-refractivity contribution in [1.29, 1.82) is 0 Å². The van der Waals surface area contributed by atoms with Crippen LogP contribution >= 0.6 is 11.6 Å². The number of rotatable bonds is 8. The zero-order valence-corrected chi connectivity index (χ0v) is 14.2. The van der Waals surface area contributed by atoms with E-state index in [4.69, 9.17) is 11.6 Å². The number of aromatic nitrogens is 2. The third-order valence-corrected chi connectivity index (χ3v) is 5.94. The first kappa shape index (κ1) is 17.5. The number of sulfonamides is 1. The molecular formula is C13H24ClN3O2S. The van der Waals surface area contributed by atoms with Gasteiger partial charge in [-0.3, -0.25) is 5.10 Å². The number of unbranched alkanes of at least 4 members (excludes halogenated alkanes) is 1. The van der Waals surface area contributed by atoms with Gasteiger partial charge in [0.1, 0.15) is 4.90 Å². The lowest BCUT2D eigenvalue weighted by Crippen LogP contribution is -2.39. The fraction of sp³-hybridized carbons (Fsp3) is 0.769. The topological polar surface area (TPSA) is 66.1 Å². The van der Waals surface area contributed by atoms with Gasteiger partial charge in [0.2, 0.25) is 10.0 Å². The minimum Gasteiger partial charge on any atom is -0.281 e. The molecular weight excluding hydrogens is 298 g/mol. The van der Waals surface area contributed by atoms with Crippen LogP contribution in [0.15, 0.2) is 4.90 Å². The van der Waals surface area contributed by atoms with Gasteiger partial charge in [-0.05, 0) is 26.7 Å². The molecule has 0 amide bonds. The first-order chi connectivity index (χ1) is 9.39. The van der Waals surface area contributed by atoms with Crippen LogP contribution in [0.3, 0.4) is 0 Å². The van der Waals surface area contributed by atoms with E-state index in [1.165, 1.54) is 0 Å². The van der Waals surface area contributed by atoms with E-state index in [0.29, 0.717) is 17.9 Å². The molecule has 0 bridgehead atoms. The molecule has 7 heteroatoms. The van der Waals surface area contributed by atoms with Crippen molar-refractivity contribution >= 4 is 21.6 Å². The molecule has 0 saturated carbocycles. The lowest BCUT2D eigenvalue weighted by Gasteiger charge is -2.27. The van der Waals surface area contributed by atoms with Gasteiger partial charge in [-0.15, -0.1) is 11.6 Å². The van der Waals surface area contributed by atoms with E-state index in [-0.39, 0.29) is 16.8 Å². The molecule has 1 heterocycles. The number of aromatic amines is 1. The molecule has 0 aliphatic heterocycles. The van der Waals surface area contributed by atoms with Gasteiger partial charge in [-0.1, -0.05) is 20.3 Å². The van der Waals surface area contributed by atoms with Crippen LogP contribution in [0.2, 0.25) is 0 Å². The summed E-state index contributed by atoms with van der Waals surface area (Å²) in [6.45, 7) is 8.21. The Morgan fingerprint density at radius 1 is 1.40 bits per heavy atom. The molecule has 1 aromatic rings. The van der Waals surface area contributed by atoms with Crippen LogP contribution in [-0.2, 0) is 15.9 Å². The summed E-state index contributed by atoms with van der Waals surface area (Å²) in [5.41, 5.74) is 0.944. The maximum absolute atomic E-state index is 12.9. The number of alkyl halides is 1. The van der Waals surface area contributed by atoms with Crippen molar-refractivity contribution in [2.24, 2.45) is 0 Å². The molecule has 0 aliphatic rings. The average Bonchev–Trinajstić information content (AvgIpc) is 2.80. The zero-order valence-electron chi connectivity index (χ0n) is 12.6. The SMILES string of the molecule is CCCCN(C(C)CC)S(=O)(=O)c1c(CCl)n[nH]c1C. The number of halogens is 1. The minimum absolute atomic E-state index is 0.0379. The Morgan fingerprint density at radius 3 is 2.55 bits per heavy atom. The lowest BCUT2D eigenvalue weighted by atomic mass is 10.2. The largest absolute Gasteiger partial charge is 0.281 e. The maximum atomic E-state index is 12.9. The molecule has 1 N–H and O–H groups in total. The molecule has 0 saturated heterocycles. The van der Waals surface area contributed by atoms with Gasteiger partial charge in [-0.25, -0.2) is 8.42 Å². The van der Waals surface area contributed by atoms with Crippen molar-refractivity contribution < 1.29 is 8.42 Å². The monoisotopic (exact) mass is 321 g/mol. The molecule has 0 radical (unpaired) electrons. The van der Waals surface area contributed by atoms with E-state index < -0.39 is 10.0 Å². The Kier molecular flexibility index (Phi) is 6.48. The van der Waals surface area contributed by atoms with Gasteiger partial charge < -0.3 is 0 Å². The number of nitrogens with one attached hydrogen (secondary N) is 1. The number of hydrogen-bond donors (Lipinski definition) is 1. The van der Waals surface area contributed by atoms with Gasteiger partial charge >= 0.3 is 0 Å². The first-order valence-corrected chi connectivity index (χ1v) is 8.99. The third-order valence-electron chi connectivity index (χ3n) is 3.47. The van der Waals surface area contributed by atoms with E-state index in [2.05, 4.69) is 17.1 Å². The van der Waals surface area contributed by atoms with Crippen LogP contribution in [-0.4, -0.2) is 35.5 Å². The summed E-state index contributed by atoms with van der Waals surface area (Å²) in [6, 6.07) is -0.0379. The second kappa shape index (κ2) is 7.43. The number of aryl methyl sites for hydroxylation is 1. The van der Waals surface area contributed by atoms with Crippen molar-refractivity contribution in [3.8, 4) is 0 Å². The lowest BCUT2D eigenvalue weighted by molar-refractivity contribution is 0.324. The summed E-state index contributed by atoms with van der Waals surface area (Å²) in [4.78, 5) is 0.240. The van der Waals surface area contributed by atoms with Crippen LogP contribution in [0.1, 0.15) is 51.4 Å². The van der Waals surface area contributed by atoms with Crippen molar-refractivity contribution in [1.82, 2.24) is 14.5 Å². The van der Waals surface area contributed by atoms with Crippen LogP contribution in [0.4, 0.5) is 0 Å². The van der Waals surface area contributed by atoms with Crippen molar-refractivity contribution in [2.75, 3.05) is 6.54 Å². The summed E-state index contributed by atoms with van der Waals surface area (Å²) < 4.78 is 27.4. The molecule has 0 aliphatic carbocycles. The average molecular weight is 322 g/mol. The molecule has 0 spiro atoms. The second-order valence-electron chi connectivity index (χ2n) is 4.98. The Hall–Kier alpha value is -0.590. The third kappa shape index (κ3) is 3.54. The highest BCUT2D eigenvalue weighted by Crippen LogP contribution is 2.26. The van der Waals surface area contributed by atoms with E-state index in [9.17, 15) is 8.42 Å². The Labute approximate surface area is 126 Å². The van der Waals surface area contributed by atoms with Gasteiger partial charge in [0.05, 0.1) is 17.3 Å². The van der Waals surface area contributed by atoms with E-state index in [1.54, 1.807) is 11.2 Å². The zero-order chi connectivity index (χ0) is 15.3. The summed E-state index contributed by atoms with van der Waals surface area (Å²) in [5, 5.41) is 6.71. The Morgan fingerprint density at radius 2 is 2.05 bits per heavy atom. The molecule has 0 fully saturated rings. The fourth-order valence-electron chi connectivity index (χ4n) is 2.11. The van der Waals surface area contributed by atoms with E-state index >= 15 is 0 Å². The van der Waals surface area contributed by atoms with Gasteiger partial charge in [0.25, 0.3) is 0 Å². The van der Waals surface area contributed by atoms with Crippen molar-refractivity contribution in [2.45, 2.75) is 63.8 Å². The van der Waals surface area contributed by atoms with Gasteiger partial charge in [0, 0.05) is 12.6 Å². The maximum Gasteiger partial charge on any atom is 0.247 e. The molecule has 1 unspecified atom stereocenters. The predicted molar refractivity (Wildman–Crippen MR) is 81.4 cm³/mol. The molecule has 1 rings (SSSR count). The highest BCUT2D eigenvalue weighted by molar-refractivity contribution is 7.89. The Bertz CT molecular complexity index is 528. The normalized spacial score (nSPS) is 13.9. The molecule has 0 aromatic carbocycles. The first-order valence-electron chi connectivity index (χ1n) is 7.01. The van der Waals surface area contributed by atoms with E-state index in [1.807, 2.05) is 13.8 Å². The Balaban J connectivity index is 3.25. The predicted octanol–water partition coefficient (Wildman–Crippen LogP) is 3.05. The highest BCUT2D eigenvalue weighted by atomic mass is 35.5. The number of hydrogen-bond acceptors (Lipinski definition) is 3. The van der Waals surface area contributed by atoms with Crippen LogP contribution in [0.25, 0.3) is 0 Å². The molecule has 1 atom stereocenters. The summed E-state index contributed by atoms with van der Waals surface area (Å²) in [7, 11) is -3.56.